The molecule has 0 spiro atoms. The quantitative estimate of drug-likeness (QED) is 0.792. The van der Waals surface area contributed by atoms with Crippen molar-refractivity contribution in [3.8, 4) is 0 Å². The second kappa shape index (κ2) is 7.08. The van der Waals surface area contributed by atoms with Gasteiger partial charge in [0.1, 0.15) is 0 Å². The number of fused-ring (bicyclic) bond motifs is 1. The number of hydrogen-bond donors (Lipinski definition) is 0. The van der Waals surface area contributed by atoms with Gasteiger partial charge >= 0.3 is 0 Å². The fourth-order valence-corrected chi connectivity index (χ4v) is 4.82. The third-order valence-electron chi connectivity index (χ3n) is 6.14. The van der Waals surface area contributed by atoms with Gasteiger partial charge in [-0.2, -0.15) is 0 Å². The fourth-order valence-electron chi connectivity index (χ4n) is 4.82. The molecule has 4 aliphatic rings. The van der Waals surface area contributed by atoms with Gasteiger partial charge in [-0.3, -0.25) is 9.69 Å². The van der Waals surface area contributed by atoms with Crippen molar-refractivity contribution in [3.63, 3.8) is 0 Å². The molecule has 3 aliphatic heterocycles. The Morgan fingerprint density at radius 1 is 0.957 bits per heavy atom. The number of rotatable bonds is 3. The van der Waals surface area contributed by atoms with Gasteiger partial charge < -0.3 is 14.4 Å². The molecule has 1 amide bonds. The van der Waals surface area contributed by atoms with Crippen LogP contribution in [0, 0.1) is 5.92 Å². The van der Waals surface area contributed by atoms with Crippen molar-refractivity contribution in [2.24, 2.45) is 5.92 Å². The molecule has 1 aliphatic carbocycles. The molecule has 3 heterocycles. The summed E-state index contributed by atoms with van der Waals surface area (Å²) in [4.78, 5) is 17.4. The third-order valence-corrected chi connectivity index (χ3v) is 6.14. The Kier molecular flexibility index (Phi) is 4.88. The number of likely N-dealkylation sites (tertiary alicyclic amines) is 1. The summed E-state index contributed by atoms with van der Waals surface area (Å²) in [6, 6.07) is 0.375. The minimum atomic E-state index is 0.206. The lowest BCUT2D eigenvalue weighted by Crippen LogP contribution is -2.52. The molecule has 1 saturated carbocycles. The zero-order chi connectivity index (χ0) is 15.6. The fraction of sp³-hybridized carbons (Fsp3) is 0.944. The molecule has 0 radical (unpaired) electrons. The highest BCUT2D eigenvalue weighted by Gasteiger charge is 2.43. The van der Waals surface area contributed by atoms with E-state index >= 15 is 0 Å². The van der Waals surface area contributed by atoms with Crippen LogP contribution in [-0.2, 0) is 14.3 Å². The lowest BCUT2D eigenvalue weighted by molar-refractivity contribution is -0.136. The second-order valence-corrected chi connectivity index (χ2v) is 7.68. The van der Waals surface area contributed by atoms with Gasteiger partial charge in [0.15, 0.2) is 0 Å². The molecule has 3 atom stereocenters. The first kappa shape index (κ1) is 15.9. The monoisotopic (exact) mass is 322 g/mol. The third kappa shape index (κ3) is 3.42. The number of ether oxygens (including phenoxy) is 2. The Morgan fingerprint density at radius 2 is 1.83 bits per heavy atom. The van der Waals surface area contributed by atoms with Crippen LogP contribution >= 0.6 is 0 Å². The van der Waals surface area contributed by atoms with E-state index in [-0.39, 0.29) is 12.0 Å². The lowest BCUT2D eigenvalue weighted by atomic mass is 9.88. The van der Waals surface area contributed by atoms with Crippen molar-refractivity contribution in [3.05, 3.63) is 0 Å². The maximum absolute atomic E-state index is 12.8. The maximum Gasteiger partial charge on any atom is 0.225 e. The smallest absolute Gasteiger partial charge is 0.225 e. The highest BCUT2D eigenvalue weighted by atomic mass is 16.5. The number of nitrogens with zero attached hydrogens (tertiary/aromatic N) is 2. The summed E-state index contributed by atoms with van der Waals surface area (Å²) in [7, 11) is 0. The normalized spacial score (nSPS) is 36.3. The molecule has 1 unspecified atom stereocenters. The molecular formula is C18H30N2O3. The Labute approximate surface area is 139 Å². The number of carbonyl (C=O) groups excluding carboxylic acids is 1. The van der Waals surface area contributed by atoms with Crippen molar-refractivity contribution in [2.75, 3.05) is 39.4 Å². The van der Waals surface area contributed by atoms with Crippen LogP contribution in [0.25, 0.3) is 0 Å². The molecule has 4 fully saturated rings. The van der Waals surface area contributed by atoms with E-state index in [2.05, 4.69) is 9.80 Å². The largest absolute Gasteiger partial charge is 0.377 e. The Hall–Kier alpha value is -0.650. The lowest BCUT2D eigenvalue weighted by Gasteiger charge is -2.37. The summed E-state index contributed by atoms with van der Waals surface area (Å²) < 4.78 is 11.8. The van der Waals surface area contributed by atoms with Crippen LogP contribution in [-0.4, -0.2) is 73.3 Å². The van der Waals surface area contributed by atoms with Gasteiger partial charge in [-0.1, -0.05) is 19.3 Å². The van der Waals surface area contributed by atoms with E-state index in [4.69, 9.17) is 9.47 Å². The van der Waals surface area contributed by atoms with Crippen molar-refractivity contribution < 1.29 is 14.3 Å². The van der Waals surface area contributed by atoms with Gasteiger partial charge in [-0.05, 0) is 25.7 Å². The van der Waals surface area contributed by atoms with E-state index in [9.17, 15) is 4.79 Å². The first-order valence-electron chi connectivity index (χ1n) is 9.57. The Bertz CT molecular complexity index is 418. The van der Waals surface area contributed by atoms with Crippen LogP contribution in [0.15, 0.2) is 0 Å². The molecule has 0 aromatic carbocycles. The van der Waals surface area contributed by atoms with Gasteiger partial charge in [0.25, 0.3) is 0 Å². The topological polar surface area (TPSA) is 42.0 Å². The minimum absolute atomic E-state index is 0.206. The zero-order valence-corrected chi connectivity index (χ0v) is 14.1. The standard InChI is InChI=1S/C18H30N2O3/c21-18(14-5-2-1-3-6-14)20-12-16-17(13-20)23-10-8-19(16)11-15-7-4-9-22-15/h14-17H,1-13H2/t15?,16-,17+/m1/s1. The summed E-state index contributed by atoms with van der Waals surface area (Å²) >= 11 is 0. The summed E-state index contributed by atoms with van der Waals surface area (Å²) in [6.07, 6.45) is 8.88. The van der Waals surface area contributed by atoms with Crippen LogP contribution in [0.1, 0.15) is 44.9 Å². The average molecular weight is 322 g/mol. The first-order valence-corrected chi connectivity index (χ1v) is 9.57. The van der Waals surface area contributed by atoms with Crippen LogP contribution in [0.3, 0.4) is 0 Å². The van der Waals surface area contributed by atoms with E-state index in [0.29, 0.717) is 18.1 Å². The first-order chi connectivity index (χ1) is 11.3. The highest BCUT2D eigenvalue weighted by Crippen LogP contribution is 2.30. The summed E-state index contributed by atoms with van der Waals surface area (Å²) in [6.45, 7) is 5.34. The minimum Gasteiger partial charge on any atom is -0.377 e. The number of amides is 1. The molecule has 0 bridgehead atoms. The number of carbonyl (C=O) groups is 1. The van der Waals surface area contributed by atoms with E-state index < -0.39 is 0 Å². The molecule has 0 N–H and O–H groups in total. The molecule has 130 valence electrons. The van der Waals surface area contributed by atoms with E-state index in [1.54, 1.807) is 0 Å². The maximum atomic E-state index is 12.8. The predicted molar refractivity (Wildman–Crippen MR) is 87.2 cm³/mol. The molecule has 23 heavy (non-hydrogen) atoms. The van der Waals surface area contributed by atoms with Crippen molar-refractivity contribution in [1.82, 2.24) is 9.80 Å². The molecule has 4 rings (SSSR count). The van der Waals surface area contributed by atoms with E-state index in [1.807, 2.05) is 0 Å². The molecule has 5 heteroatoms. The van der Waals surface area contributed by atoms with Gasteiger partial charge in [0.2, 0.25) is 5.91 Å². The molecule has 5 nitrogen and oxygen atoms in total. The van der Waals surface area contributed by atoms with E-state index in [1.165, 1.54) is 32.1 Å². The average Bonchev–Trinajstić information content (AvgIpc) is 3.25. The summed E-state index contributed by atoms with van der Waals surface area (Å²) in [5, 5.41) is 0. The van der Waals surface area contributed by atoms with Crippen LogP contribution < -0.4 is 0 Å². The van der Waals surface area contributed by atoms with Crippen molar-refractivity contribution in [1.29, 1.82) is 0 Å². The van der Waals surface area contributed by atoms with Crippen molar-refractivity contribution >= 4 is 5.91 Å². The Morgan fingerprint density at radius 3 is 2.61 bits per heavy atom. The van der Waals surface area contributed by atoms with Crippen LogP contribution in [0.2, 0.25) is 0 Å². The van der Waals surface area contributed by atoms with Crippen molar-refractivity contribution in [2.45, 2.75) is 63.2 Å². The second-order valence-electron chi connectivity index (χ2n) is 7.68. The Balaban J connectivity index is 1.37. The van der Waals surface area contributed by atoms with Gasteiger partial charge in [-0.15, -0.1) is 0 Å². The van der Waals surface area contributed by atoms with Crippen LogP contribution in [0.4, 0.5) is 0 Å². The SMILES string of the molecule is O=C(C1CCCCC1)N1C[C@@H]2OCCN(CC3CCCO3)[C@@H]2C1. The highest BCUT2D eigenvalue weighted by molar-refractivity contribution is 5.79. The zero-order valence-electron chi connectivity index (χ0n) is 14.1. The van der Waals surface area contributed by atoms with Gasteiger partial charge in [0.05, 0.1) is 24.9 Å². The number of morpholine rings is 1. The van der Waals surface area contributed by atoms with E-state index in [0.717, 1.165) is 52.2 Å². The number of hydrogen-bond acceptors (Lipinski definition) is 4. The molecule has 0 aromatic rings. The molecule has 3 saturated heterocycles. The van der Waals surface area contributed by atoms with Gasteiger partial charge in [-0.25, -0.2) is 0 Å². The summed E-state index contributed by atoms with van der Waals surface area (Å²) in [5.41, 5.74) is 0. The van der Waals surface area contributed by atoms with Gasteiger partial charge in [0, 0.05) is 38.7 Å². The molecular weight excluding hydrogens is 292 g/mol. The summed E-state index contributed by atoms with van der Waals surface area (Å²) in [5.74, 6) is 0.662. The predicted octanol–water partition coefficient (Wildman–Crippen LogP) is 1.66. The molecule has 0 aromatic heterocycles. The van der Waals surface area contributed by atoms with Crippen LogP contribution in [0.5, 0.6) is 0 Å².